The van der Waals surface area contributed by atoms with E-state index in [0.717, 1.165) is 10.2 Å². The zero-order valence-corrected chi connectivity index (χ0v) is 16.6. The molecule has 3 rings (SSSR count). The van der Waals surface area contributed by atoms with Gasteiger partial charge in [0.25, 0.3) is 5.91 Å². The van der Waals surface area contributed by atoms with Gasteiger partial charge < -0.3 is 15.1 Å². The Morgan fingerprint density at radius 2 is 2.11 bits per heavy atom. The number of rotatable bonds is 6. The molecule has 10 heteroatoms. The van der Waals surface area contributed by atoms with Crippen LogP contribution < -0.4 is 10.6 Å². The number of nitrogens with one attached hydrogen (secondary N) is 2. The fourth-order valence-electron chi connectivity index (χ4n) is 2.43. The van der Waals surface area contributed by atoms with Gasteiger partial charge in [0.2, 0.25) is 5.91 Å². The molecule has 27 heavy (non-hydrogen) atoms. The summed E-state index contributed by atoms with van der Waals surface area (Å²) in [5.74, 6) is -0.0937. The lowest BCUT2D eigenvalue weighted by atomic mass is 10.3. The van der Waals surface area contributed by atoms with E-state index in [1.54, 1.807) is 43.2 Å². The Balaban J connectivity index is 1.71. The maximum Gasteiger partial charge on any atom is 0.274 e. The van der Waals surface area contributed by atoms with Crippen LogP contribution in [0.15, 0.2) is 39.7 Å². The smallest absolute Gasteiger partial charge is 0.274 e. The summed E-state index contributed by atoms with van der Waals surface area (Å²) in [6.45, 7) is 3.79. The summed E-state index contributed by atoms with van der Waals surface area (Å²) in [7, 11) is 1.68. The number of nitrogens with zero attached hydrogens (tertiary/aromatic N) is 4. The van der Waals surface area contributed by atoms with E-state index >= 15 is 0 Å². The highest BCUT2D eigenvalue weighted by Gasteiger charge is 2.22. The van der Waals surface area contributed by atoms with Crippen molar-refractivity contribution in [2.24, 2.45) is 7.05 Å². The van der Waals surface area contributed by atoms with Crippen molar-refractivity contribution < 1.29 is 14.0 Å². The summed E-state index contributed by atoms with van der Waals surface area (Å²) >= 11 is 3.38. The molecular formula is C17H19BrN6O3. The number of anilines is 1. The van der Waals surface area contributed by atoms with Crippen molar-refractivity contribution >= 4 is 33.4 Å². The van der Waals surface area contributed by atoms with E-state index in [-0.39, 0.29) is 18.1 Å². The molecule has 0 aromatic carbocycles. The summed E-state index contributed by atoms with van der Waals surface area (Å²) in [6, 6.07) is 2.94. The van der Waals surface area contributed by atoms with Gasteiger partial charge in [0.1, 0.15) is 11.8 Å². The first kappa shape index (κ1) is 18.9. The van der Waals surface area contributed by atoms with Crippen LogP contribution in [-0.2, 0) is 18.4 Å². The van der Waals surface area contributed by atoms with Crippen molar-refractivity contribution in [3.8, 4) is 0 Å². The maximum atomic E-state index is 12.6. The number of amides is 2. The molecule has 3 aromatic heterocycles. The number of furan rings is 1. The second-order valence-corrected chi connectivity index (χ2v) is 6.89. The van der Waals surface area contributed by atoms with Gasteiger partial charge in [0.05, 0.1) is 28.7 Å². The predicted octanol–water partition coefficient (Wildman–Crippen LogP) is 2.41. The van der Waals surface area contributed by atoms with Crippen LogP contribution in [0.5, 0.6) is 0 Å². The van der Waals surface area contributed by atoms with Gasteiger partial charge in [-0.2, -0.15) is 10.2 Å². The minimum absolute atomic E-state index is 0.127. The van der Waals surface area contributed by atoms with Gasteiger partial charge in [-0.1, -0.05) is 0 Å². The average molecular weight is 435 g/mol. The Kier molecular flexibility index (Phi) is 5.45. The standard InChI is InChI=1S/C17H19BrN6O3/c1-10-13(18)8-24(21-10)11(2)16(25)20-14-9-23(3)22-15(14)17(26)19-7-12-5-4-6-27-12/h4-6,8-9,11H,7H2,1-3H3,(H,19,26)(H,20,25). The summed E-state index contributed by atoms with van der Waals surface area (Å²) < 4.78 is 9.04. The van der Waals surface area contributed by atoms with Gasteiger partial charge in [0, 0.05) is 19.4 Å². The van der Waals surface area contributed by atoms with Crippen molar-refractivity contribution in [2.45, 2.75) is 26.4 Å². The van der Waals surface area contributed by atoms with Crippen LogP contribution in [0.3, 0.4) is 0 Å². The van der Waals surface area contributed by atoms with Gasteiger partial charge in [-0.15, -0.1) is 0 Å². The molecule has 3 heterocycles. The molecule has 0 aliphatic rings. The van der Waals surface area contributed by atoms with Crippen molar-refractivity contribution in [3.63, 3.8) is 0 Å². The van der Waals surface area contributed by atoms with E-state index in [1.807, 2.05) is 6.92 Å². The Morgan fingerprint density at radius 1 is 1.33 bits per heavy atom. The molecule has 2 amide bonds. The van der Waals surface area contributed by atoms with Crippen molar-refractivity contribution in [1.82, 2.24) is 24.9 Å². The van der Waals surface area contributed by atoms with E-state index in [0.29, 0.717) is 11.4 Å². The molecule has 9 nitrogen and oxygen atoms in total. The number of carbonyl (C=O) groups excluding carboxylic acids is 2. The topological polar surface area (TPSA) is 107 Å². The third kappa shape index (κ3) is 4.27. The Labute approximate surface area is 163 Å². The van der Waals surface area contributed by atoms with Crippen LogP contribution in [0, 0.1) is 6.92 Å². The molecule has 2 N–H and O–H groups in total. The van der Waals surface area contributed by atoms with Crippen LogP contribution in [0.2, 0.25) is 0 Å². The lowest BCUT2D eigenvalue weighted by Gasteiger charge is -2.12. The molecule has 0 fully saturated rings. The fourth-order valence-corrected chi connectivity index (χ4v) is 2.72. The van der Waals surface area contributed by atoms with Gasteiger partial charge in [-0.3, -0.25) is 19.0 Å². The first-order valence-corrected chi connectivity index (χ1v) is 9.00. The van der Waals surface area contributed by atoms with Crippen LogP contribution in [0.1, 0.15) is 34.9 Å². The minimum Gasteiger partial charge on any atom is -0.467 e. The summed E-state index contributed by atoms with van der Waals surface area (Å²) in [6.07, 6.45) is 4.85. The van der Waals surface area contributed by atoms with Crippen LogP contribution >= 0.6 is 15.9 Å². The highest BCUT2D eigenvalue weighted by atomic mass is 79.9. The van der Waals surface area contributed by atoms with E-state index in [9.17, 15) is 9.59 Å². The Hall–Kier alpha value is -2.88. The lowest BCUT2D eigenvalue weighted by Crippen LogP contribution is -2.27. The van der Waals surface area contributed by atoms with Crippen LogP contribution in [0.4, 0.5) is 5.69 Å². The molecule has 1 unspecified atom stereocenters. The number of halogens is 1. The molecular weight excluding hydrogens is 416 g/mol. The SMILES string of the molecule is Cc1nn(C(C)C(=O)Nc2cn(C)nc2C(=O)NCc2ccco2)cc1Br. The molecule has 0 bridgehead atoms. The summed E-state index contributed by atoms with van der Waals surface area (Å²) in [5.41, 5.74) is 1.24. The number of aryl methyl sites for hydroxylation is 2. The molecule has 1 atom stereocenters. The van der Waals surface area contributed by atoms with Gasteiger partial charge in [0.15, 0.2) is 5.69 Å². The zero-order chi connectivity index (χ0) is 19.6. The molecule has 0 aliphatic carbocycles. The van der Waals surface area contributed by atoms with Gasteiger partial charge in [-0.25, -0.2) is 0 Å². The lowest BCUT2D eigenvalue weighted by molar-refractivity contribution is -0.119. The molecule has 0 aliphatic heterocycles. The van der Waals surface area contributed by atoms with Crippen molar-refractivity contribution in [1.29, 1.82) is 0 Å². The summed E-state index contributed by atoms with van der Waals surface area (Å²) in [5, 5.41) is 13.9. The second kappa shape index (κ2) is 7.78. The molecule has 3 aromatic rings. The van der Waals surface area contributed by atoms with E-state index in [2.05, 4.69) is 36.8 Å². The average Bonchev–Trinajstić information content (AvgIpc) is 3.34. The third-order valence-electron chi connectivity index (χ3n) is 3.94. The van der Waals surface area contributed by atoms with Gasteiger partial charge >= 0.3 is 0 Å². The molecule has 0 saturated heterocycles. The number of aromatic nitrogens is 4. The Bertz CT molecular complexity index is 940. The molecule has 0 saturated carbocycles. The maximum absolute atomic E-state index is 12.6. The number of hydrogen-bond acceptors (Lipinski definition) is 5. The molecule has 142 valence electrons. The fraction of sp³-hybridized carbons (Fsp3) is 0.294. The quantitative estimate of drug-likeness (QED) is 0.619. The van der Waals surface area contributed by atoms with Crippen LogP contribution in [0.25, 0.3) is 0 Å². The second-order valence-electron chi connectivity index (χ2n) is 6.03. The first-order chi connectivity index (χ1) is 12.8. The third-order valence-corrected chi connectivity index (χ3v) is 4.72. The number of carbonyl (C=O) groups is 2. The van der Waals surface area contributed by atoms with Gasteiger partial charge in [-0.05, 0) is 41.9 Å². The zero-order valence-electron chi connectivity index (χ0n) is 15.1. The van der Waals surface area contributed by atoms with E-state index in [4.69, 9.17) is 4.42 Å². The predicted molar refractivity (Wildman–Crippen MR) is 101 cm³/mol. The normalized spacial score (nSPS) is 12.0. The van der Waals surface area contributed by atoms with Crippen LogP contribution in [-0.4, -0.2) is 31.4 Å². The highest BCUT2D eigenvalue weighted by Crippen LogP contribution is 2.19. The summed E-state index contributed by atoms with van der Waals surface area (Å²) in [4.78, 5) is 25.0. The number of hydrogen-bond donors (Lipinski definition) is 2. The molecule has 0 radical (unpaired) electrons. The Morgan fingerprint density at radius 3 is 2.74 bits per heavy atom. The first-order valence-electron chi connectivity index (χ1n) is 8.21. The minimum atomic E-state index is -0.561. The van der Waals surface area contributed by atoms with Crippen molar-refractivity contribution in [3.05, 3.63) is 52.4 Å². The van der Waals surface area contributed by atoms with E-state index < -0.39 is 11.9 Å². The largest absolute Gasteiger partial charge is 0.467 e. The molecule has 0 spiro atoms. The van der Waals surface area contributed by atoms with E-state index in [1.165, 1.54) is 10.9 Å². The monoisotopic (exact) mass is 434 g/mol. The van der Waals surface area contributed by atoms with Crippen molar-refractivity contribution in [2.75, 3.05) is 5.32 Å². The highest BCUT2D eigenvalue weighted by molar-refractivity contribution is 9.10.